The summed E-state index contributed by atoms with van der Waals surface area (Å²) in [5.41, 5.74) is 2.13. The number of carbonyl (C=O) groups is 1. The number of aromatic nitrogens is 2. The predicted octanol–water partition coefficient (Wildman–Crippen LogP) is 3.28. The average molecular weight is 329 g/mol. The zero-order valence-electron chi connectivity index (χ0n) is 13.6. The molecule has 1 saturated heterocycles. The number of benzene rings is 1. The minimum absolute atomic E-state index is 0.235. The summed E-state index contributed by atoms with van der Waals surface area (Å²) in [6, 6.07) is 12.8. The summed E-state index contributed by atoms with van der Waals surface area (Å²) in [4.78, 5) is 24.7. The Morgan fingerprint density at radius 2 is 2.00 bits per heavy atom. The van der Waals surface area contributed by atoms with Gasteiger partial charge in [0.15, 0.2) is 0 Å². The molecule has 1 aliphatic heterocycles. The van der Waals surface area contributed by atoms with E-state index in [9.17, 15) is 10.1 Å². The normalized spacial score (nSPS) is 17.1. The first-order chi connectivity index (χ1) is 12.2. The highest BCUT2D eigenvalue weighted by atomic mass is 16.2. The number of hydrogen-bond acceptors (Lipinski definition) is 4. The largest absolute Gasteiger partial charge is 0.330 e. The molecule has 0 unspecified atom stereocenters. The van der Waals surface area contributed by atoms with E-state index >= 15 is 0 Å². The fraction of sp³-hybridized carbons (Fsp3) is 0.158. The number of aryl methyl sites for hydroxylation is 1. The Morgan fingerprint density at radius 1 is 1.16 bits per heavy atom. The highest BCUT2D eigenvalue weighted by molar-refractivity contribution is 6.11. The summed E-state index contributed by atoms with van der Waals surface area (Å²) >= 11 is 0. The fourth-order valence-electron chi connectivity index (χ4n) is 3.22. The molecule has 1 atom stereocenters. The molecular weight excluding hydrogens is 314 g/mol. The van der Waals surface area contributed by atoms with E-state index in [2.05, 4.69) is 16.0 Å². The van der Waals surface area contributed by atoms with Crippen LogP contribution >= 0.6 is 0 Å². The topological polar surface area (TPSA) is 73.1 Å². The molecule has 0 bridgehead atoms. The number of hydrogen-bond donors (Lipinski definition) is 0. The lowest BCUT2D eigenvalue weighted by Crippen LogP contribution is -2.35. The van der Waals surface area contributed by atoms with Crippen molar-refractivity contribution in [3.05, 3.63) is 60.7 Å². The highest BCUT2D eigenvalue weighted by Crippen LogP contribution is 2.33. The van der Waals surface area contributed by atoms with Crippen LogP contribution in [0.4, 0.5) is 16.2 Å². The van der Waals surface area contributed by atoms with Gasteiger partial charge in [-0.1, -0.05) is 24.3 Å². The molecule has 25 heavy (non-hydrogen) atoms. The summed E-state index contributed by atoms with van der Waals surface area (Å²) in [6.07, 6.45) is 5.08. The van der Waals surface area contributed by atoms with Gasteiger partial charge in [0.1, 0.15) is 6.04 Å². The molecule has 0 N–H and O–H groups in total. The number of amides is 2. The zero-order valence-corrected chi connectivity index (χ0v) is 13.6. The van der Waals surface area contributed by atoms with Crippen molar-refractivity contribution in [2.75, 3.05) is 16.3 Å². The minimum Gasteiger partial charge on any atom is -0.289 e. The standard InChI is InChI=1S/C19H15N5O/c1-13-17(7-4-8-22-13)23-12-15(9-20)24(19(23)25)18-11-21-10-14-5-2-3-6-16(14)18/h2-8,10-11,15H,12H2,1H3/t15-/m0/s1. The van der Waals surface area contributed by atoms with Gasteiger partial charge in [-0.3, -0.25) is 19.8 Å². The third-order valence-corrected chi connectivity index (χ3v) is 4.43. The molecule has 6 heteroatoms. The van der Waals surface area contributed by atoms with Gasteiger partial charge in [0.2, 0.25) is 0 Å². The summed E-state index contributed by atoms with van der Waals surface area (Å²) in [7, 11) is 0. The Kier molecular flexibility index (Phi) is 3.55. The van der Waals surface area contributed by atoms with E-state index < -0.39 is 6.04 Å². The van der Waals surface area contributed by atoms with Crippen LogP contribution in [0.5, 0.6) is 0 Å². The minimum atomic E-state index is -0.584. The number of carbonyl (C=O) groups excluding carboxylic acids is 1. The van der Waals surface area contributed by atoms with Gasteiger partial charge in [-0.05, 0) is 19.1 Å². The van der Waals surface area contributed by atoms with Gasteiger partial charge in [0.05, 0.1) is 35.9 Å². The zero-order chi connectivity index (χ0) is 17.4. The smallest absolute Gasteiger partial charge is 0.289 e. The van der Waals surface area contributed by atoms with Crippen molar-refractivity contribution < 1.29 is 4.79 Å². The molecular formula is C19H15N5O. The number of rotatable bonds is 2. The van der Waals surface area contributed by atoms with Crippen LogP contribution in [-0.2, 0) is 0 Å². The number of anilines is 2. The monoisotopic (exact) mass is 329 g/mol. The van der Waals surface area contributed by atoms with Gasteiger partial charge in [-0.2, -0.15) is 5.26 Å². The third-order valence-electron chi connectivity index (χ3n) is 4.43. The SMILES string of the molecule is Cc1ncccc1N1C[C@H](C#N)N(c2cncc3ccccc23)C1=O. The molecule has 2 amide bonds. The Morgan fingerprint density at radius 3 is 2.80 bits per heavy atom. The van der Waals surface area contributed by atoms with E-state index in [-0.39, 0.29) is 6.03 Å². The number of urea groups is 1. The molecule has 0 spiro atoms. The molecule has 2 aromatic heterocycles. The van der Waals surface area contributed by atoms with Crippen molar-refractivity contribution in [2.24, 2.45) is 0 Å². The van der Waals surface area contributed by atoms with Crippen molar-refractivity contribution in [1.82, 2.24) is 9.97 Å². The van der Waals surface area contributed by atoms with Crippen LogP contribution < -0.4 is 9.80 Å². The van der Waals surface area contributed by atoms with Gasteiger partial charge < -0.3 is 0 Å². The third kappa shape index (κ3) is 2.37. The molecule has 0 aliphatic carbocycles. The molecule has 3 heterocycles. The molecule has 1 aliphatic rings. The lowest BCUT2D eigenvalue weighted by Gasteiger charge is -2.21. The van der Waals surface area contributed by atoms with E-state index in [1.165, 1.54) is 4.90 Å². The summed E-state index contributed by atoms with van der Waals surface area (Å²) < 4.78 is 0. The lowest BCUT2D eigenvalue weighted by atomic mass is 10.1. The highest BCUT2D eigenvalue weighted by Gasteiger charge is 2.40. The second-order valence-electron chi connectivity index (χ2n) is 5.90. The van der Waals surface area contributed by atoms with Crippen LogP contribution in [0, 0.1) is 18.3 Å². The van der Waals surface area contributed by atoms with Gasteiger partial charge in [0.25, 0.3) is 0 Å². The van der Waals surface area contributed by atoms with E-state index in [4.69, 9.17) is 0 Å². The first kappa shape index (κ1) is 15.1. The Labute approximate surface area is 145 Å². The molecule has 4 rings (SSSR count). The number of nitriles is 1. The van der Waals surface area contributed by atoms with Crippen molar-refractivity contribution in [3.8, 4) is 6.07 Å². The van der Waals surface area contributed by atoms with Gasteiger partial charge in [0, 0.05) is 23.2 Å². The summed E-state index contributed by atoms with van der Waals surface area (Å²) in [5.74, 6) is 0. The average Bonchev–Trinajstić information content (AvgIpc) is 2.98. The molecule has 3 aromatic rings. The van der Waals surface area contributed by atoms with Crippen LogP contribution in [0.25, 0.3) is 10.8 Å². The van der Waals surface area contributed by atoms with E-state index in [1.807, 2.05) is 37.3 Å². The van der Waals surface area contributed by atoms with Crippen LogP contribution in [0.15, 0.2) is 55.0 Å². The van der Waals surface area contributed by atoms with Crippen molar-refractivity contribution >= 4 is 28.2 Å². The molecule has 0 saturated carbocycles. The van der Waals surface area contributed by atoms with Gasteiger partial charge >= 0.3 is 6.03 Å². The predicted molar refractivity (Wildman–Crippen MR) is 95.3 cm³/mol. The van der Waals surface area contributed by atoms with E-state index in [1.54, 1.807) is 29.6 Å². The molecule has 1 fully saturated rings. The van der Waals surface area contributed by atoms with Crippen LogP contribution in [0.3, 0.4) is 0 Å². The first-order valence-electron chi connectivity index (χ1n) is 7.95. The van der Waals surface area contributed by atoms with Gasteiger partial charge in [-0.25, -0.2) is 4.79 Å². The van der Waals surface area contributed by atoms with Crippen LogP contribution in [0.1, 0.15) is 5.69 Å². The second kappa shape index (κ2) is 5.87. The van der Waals surface area contributed by atoms with Gasteiger partial charge in [-0.15, -0.1) is 0 Å². The van der Waals surface area contributed by atoms with Crippen molar-refractivity contribution in [1.29, 1.82) is 5.26 Å². The first-order valence-corrected chi connectivity index (χ1v) is 7.95. The quantitative estimate of drug-likeness (QED) is 0.723. The maximum atomic E-state index is 13.1. The fourth-order valence-corrected chi connectivity index (χ4v) is 3.22. The maximum absolute atomic E-state index is 13.1. The van der Waals surface area contributed by atoms with Crippen LogP contribution in [0.2, 0.25) is 0 Å². The molecule has 0 radical (unpaired) electrons. The summed E-state index contributed by atoms with van der Waals surface area (Å²) in [5, 5.41) is 11.4. The maximum Gasteiger partial charge on any atom is 0.330 e. The Balaban J connectivity index is 1.83. The second-order valence-corrected chi connectivity index (χ2v) is 5.90. The van der Waals surface area contributed by atoms with Crippen molar-refractivity contribution in [3.63, 3.8) is 0 Å². The summed E-state index contributed by atoms with van der Waals surface area (Å²) in [6.45, 7) is 2.15. The molecule has 1 aromatic carbocycles. The Bertz CT molecular complexity index is 1000. The Hall–Kier alpha value is -3.46. The van der Waals surface area contributed by atoms with Crippen molar-refractivity contribution in [2.45, 2.75) is 13.0 Å². The van der Waals surface area contributed by atoms with E-state index in [0.717, 1.165) is 22.2 Å². The lowest BCUT2D eigenvalue weighted by molar-refractivity contribution is 0.255. The molecule has 6 nitrogen and oxygen atoms in total. The van der Waals surface area contributed by atoms with E-state index in [0.29, 0.717) is 12.2 Å². The molecule has 122 valence electrons. The number of fused-ring (bicyclic) bond motifs is 1. The number of nitrogens with zero attached hydrogens (tertiary/aromatic N) is 5. The van der Waals surface area contributed by atoms with Crippen LogP contribution in [-0.4, -0.2) is 28.6 Å². The number of pyridine rings is 2.